The maximum absolute atomic E-state index is 4.46. The van der Waals surface area contributed by atoms with Crippen molar-refractivity contribution in [2.45, 2.75) is 39.2 Å². The molecule has 0 atom stereocenters. The van der Waals surface area contributed by atoms with Gasteiger partial charge in [-0.3, -0.25) is 0 Å². The van der Waals surface area contributed by atoms with Crippen LogP contribution in [0.1, 0.15) is 28.4 Å². The van der Waals surface area contributed by atoms with Gasteiger partial charge in [0.1, 0.15) is 0 Å². The number of nitrogens with one attached hydrogen (secondary N) is 1. The molecule has 16 heavy (non-hydrogen) atoms. The first-order valence-electron chi connectivity index (χ1n) is 6.00. The number of hydrogen-bond acceptors (Lipinski definition) is 4. The first-order chi connectivity index (χ1) is 7.75. The van der Waals surface area contributed by atoms with Crippen LogP contribution in [-0.4, -0.2) is 29.1 Å². The number of rotatable bonds is 4. The quantitative estimate of drug-likeness (QED) is 0.896. The van der Waals surface area contributed by atoms with Crippen LogP contribution in [0.3, 0.4) is 0 Å². The fourth-order valence-electron chi connectivity index (χ4n) is 2.10. The van der Waals surface area contributed by atoms with Crippen molar-refractivity contribution in [1.82, 2.24) is 10.3 Å². The van der Waals surface area contributed by atoms with Gasteiger partial charge < -0.3 is 5.32 Å². The van der Waals surface area contributed by atoms with E-state index in [1.165, 1.54) is 39.9 Å². The first-order valence-corrected chi connectivity index (χ1v) is 7.97. The summed E-state index contributed by atoms with van der Waals surface area (Å²) >= 11 is 3.93. The highest BCUT2D eigenvalue weighted by molar-refractivity contribution is 7.99. The lowest BCUT2D eigenvalue weighted by Gasteiger charge is -2.22. The molecule has 0 amide bonds. The molecule has 2 rings (SSSR count). The minimum Gasteiger partial charge on any atom is -0.314 e. The second-order valence-electron chi connectivity index (χ2n) is 4.33. The fraction of sp³-hybridized carbons (Fsp3) is 0.750. The molecule has 0 spiro atoms. The SMILES string of the molecule is Cc1nc(C)c(CCNC2CCSCC2)s1. The van der Waals surface area contributed by atoms with Crippen molar-refractivity contribution >= 4 is 23.1 Å². The van der Waals surface area contributed by atoms with Crippen LogP contribution in [0, 0.1) is 13.8 Å². The van der Waals surface area contributed by atoms with Gasteiger partial charge in [0.2, 0.25) is 0 Å². The number of aryl methyl sites for hydroxylation is 2. The standard InChI is InChI=1S/C12H20N2S2/c1-9-12(16-10(2)14-9)3-6-13-11-4-7-15-8-5-11/h11,13H,3-8H2,1-2H3. The predicted molar refractivity (Wildman–Crippen MR) is 73.6 cm³/mol. The zero-order valence-electron chi connectivity index (χ0n) is 10.1. The molecule has 0 radical (unpaired) electrons. The monoisotopic (exact) mass is 256 g/mol. The normalized spacial score (nSPS) is 17.9. The van der Waals surface area contributed by atoms with Gasteiger partial charge in [0, 0.05) is 17.5 Å². The van der Waals surface area contributed by atoms with E-state index in [1.807, 2.05) is 11.3 Å². The average Bonchev–Trinajstić information content (AvgIpc) is 2.59. The number of hydrogen-bond donors (Lipinski definition) is 1. The lowest BCUT2D eigenvalue weighted by molar-refractivity contribution is 0.486. The van der Waals surface area contributed by atoms with E-state index in [0.717, 1.165) is 19.0 Å². The molecule has 0 aromatic carbocycles. The Morgan fingerprint density at radius 2 is 2.06 bits per heavy atom. The molecule has 0 bridgehead atoms. The van der Waals surface area contributed by atoms with Crippen molar-refractivity contribution in [2.75, 3.05) is 18.1 Å². The molecule has 4 heteroatoms. The molecule has 2 heterocycles. The van der Waals surface area contributed by atoms with E-state index in [1.54, 1.807) is 0 Å². The smallest absolute Gasteiger partial charge is 0.0900 e. The minimum absolute atomic E-state index is 0.760. The Hall–Kier alpha value is -0.0600. The average molecular weight is 256 g/mol. The topological polar surface area (TPSA) is 24.9 Å². The van der Waals surface area contributed by atoms with E-state index < -0.39 is 0 Å². The van der Waals surface area contributed by atoms with Gasteiger partial charge in [0.25, 0.3) is 0 Å². The second kappa shape index (κ2) is 6.03. The van der Waals surface area contributed by atoms with Crippen molar-refractivity contribution in [3.05, 3.63) is 15.6 Å². The molecule has 1 aliphatic heterocycles. The van der Waals surface area contributed by atoms with Crippen LogP contribution in [0.15, 0.2) is 0 Å². The van der Waals surface area contributed by atoms with E-state index >= 15 is 0 Å². The Labute approximate surface area is 106 Å². The Balaban J connectivity index is 1.73. The molecule has 90 valence electrons. The van der Waals surface area contributed by atoms with Gasteiger partial charge in [-0.25, -0.2) is 4.98 Å². The van der Waals surface area contributed by atoms with Gasteiger partial charge in [-0.2, -0.15) is 11.8 Å². The third-order valence-electron chi connectivity index (χ3n) is 3.01. The van der Waals surface area contributed by atoms with E-state index in [0.29, 0.717) is 0 Å². The second-order valence-corrected chi connectivity index (χ2v) is 6.84. The highest BCUT2D eigenvalue weighted by Gasteiger charge is 2.12. The molecular weight excluding hydrogens is 236 g/mol. The Bertz CT molecular complexity index is 330. The molecule has 0 aliphatic carbocycles. The van der Waals surface area contributed by atoms with Gasteiger partial charge in [-0.1, -0.05) is 0 Å². The maximum Gasteiger partial charge on any atom is 0.0900 e. The highest BCUT2D eigenvalue weighted by Crippen LogP contribution is 2.19. The number of thioether (sulfide) groups is 1. The summed E-state index contributed by atoms with van der Waals surface area (Å²) in [5.41, 5.74) is 1.23. The van der Waals surface area contributed by atoms with Crippen molar-refractivity contribution in [3.8, 4) is 0 Å². The summed E-state index contributed by atoms with van der Waals surface area (Å²) in [7, 11) is 0. The van der Waals surface area contributed by atoms with Gasteiger partial charge in [-0.05, 0) is 44.6 Å². The van der Waals surface area contributed by atoms with Crippen LogP contribution < -0.4 is 5.32 Å². The van der Waals surface area contributed by atoms with Crippen molar-refractivity contribution in [1.29, 1.82) is 0 Å². The molecule has 1 fully saturated rings. The van der Waals surface area contributed by atoms with Crippen LogP contribution in [-0.2, 0) is 6.42 Å². The lowest BCUT2D eigenvalue weighted by Crippen LogP contribution is -2.33. The molecule has 0 saturated carbocycles. The van der Waals surface area contributed by atoms with Gasteiger partial charge >= 0.3 is 0 Å². The zero-order valence-corrected chi connectivity index (χ0v) is 11.7. The van der Waals surface area contributed by atoms with E-state index in [9.17, 15) is 0 Å². The highest BCUT2D eigenvalue weighted by atomic mass is 32.2. The largest absolute Gasteiger partial charge is 0.314 e. The van der Waals surface area contributed by atoms with Crippen LogP contribution in [0.5, 0.6) is 0 Å². The molecule has 1 N–H and O–H groups in total. The predicted octanol–water partition coefficient (Wildman–Crippen LogP) is 2.79. The van der Waals surface area contributed by atoms with Gasteiger partial charge in [-0.15, -0.1) is 11.3 Å². The molecular formula is C12H20N2S2. The van der Waals surface area contributed by atoms with Crippen molar-refractivity contribution < 1.29 is 0 Å². The molecule has 1 aromatic heterocycles. The Morgan fingerprint density at radius 3 is 2.69 bits per heavy atom. The lowest BCUT2D eigenvalue weighted by atomic mass is 10.1. The Kier molecular flexibility index (Phi) is 4.67. The summed E-state index contributed by atoms with van der Waals surface area (Å²) in [6, 6.07) is 0.760. The molecule has 1 aromatic rings. The number of thiazole rings is 1. The summed E-state index contributed by atoms with van der Waals surface area (Å²) in [5.74, 6) is 2.66. The summed E-state index contributed by atoms with van der Waals surface area (Å²) in [4.78, 5) is 5.92. The molecule has 1 aliphatic rings. The van der Waals surface area contributed by atoms with Crippen molar-refractivity contribution in [3.63, 3.8) is 0 Å². The summed E-state index contributed by atoms with van der Waals surface area (Å²) in [6.45, 7) is 5.32. The fourth-order valence-corrected chi connectivity index (χ4v) is 4.14. The third-order valence-corrected chi connectivity index (χ3v) is 5.19. The van der Waals surface area contributed by atoms with Gasteiger partial charge in [0.05, 0.1) is 10.7 Å². The first kappa shape index (κ1) is 12.4. The Morgan fingerprint density at radius 1 is 1.31 bits per heavy atom. The van der Waals surface area contributed by atoms with E-state index in [-0.39, 0.29) is 0 Å². The van der Waals surface area contributed by atoms with Crippen LogP contribution in [0.2, 0.25) is 0 Å². The zero-order chi connectivity index (χ0) is 11.4. The minimum atomic E-state index is 0.760. The van der Waals surface area contributed by atoms with Gasteiger partial charge in [0.15, 0.2) is 0 Å². The van der Waals surface area contributed by atoms with Crippen molar-refractivity contribution in [2.24, 2.45) is 0 Å². The van der Waals surface area contributed by atoms with E-state index in [4.69, 9.17) is 0 Å². The summed E-state index contributed by atoms with van der Waals surface area (Å²) in [5, 5.41) is 4.87. The molecule has 2 nitrogen and oxygen atoms in total. The molecule has 1 saturated heterocycles. The van der Waals surface area contributed by atoms with Crippen LogP contribution >= 0.6 is 23.1 Å². The number of nitrogens with zero attached hydrogens (tertiary/aromatic N) is 1. The molecule has 0 unspecified atom stereocenters. The summed E-state index contributed by atoms with van der Waals surface area (Å²) < 4.78 is 0. The van der Waals surface area contributed by atoms with E-state index in [2.05, 4.69) is 35.9 Å². The third kappa shape index (κ3) is 3.47. The maximum atomic E-state index is 4.46. The number of aromatic nitrogens is 1. The summed E-state index contributed by atoms with van der Waals surface area (Å²) in [6.07, 6.45) is 3.82. The van der Waals surface area contributed by atoms with Crippen LogP contribution in [0.4, 0.5) is 0 Å². The van der Waals surface area contributed by atoms with Crippen LogP contribution in [0.25, 0.3) is 0 Å².